The molecule has 0 spiro atoms. The second-order valence-electron chi connectivity index (χ2n) is 4.98. The van der Waals surface area contributed by atoms with Crippen LogP contribution in [0.2, 0.25) is 0 Å². The van der Waals surface area contributed by atoms with Crippen LogP contribution < -0.4 is 0 Å². The normalized spacial score (nSPS) is 13.8. The van der Waals surface area contributed by atoms with E-state index in [0.717, 1.165) is 0 Å². The lowest BCUT2D eigenvalue weighted by molar-refractivity contribution is -0.157. The van der Waals surface area contributed by atoms with E-state index in [9.17, 15) is 4.79 Å². The second kappa shape index (κ2) is 5.34. The zero-order chi connectivity index (χ0) is 12.2. The van der Waals surface area contributed by atoms with Gasteiger partial charge >= 0.3 is 5.97 Å². The Morgan fingerprint density at radius 3 is 2.13 bits per heavy atom. The van der Waals surface area contributed by atoms with Crippen LogP contribution in [-0.2, 0) is 9.53 Å². The Morgan fingerprint density at radius 2 is 1.80 bits per heavy atom. The number of hydrogen-bond acceptors (Lipinski definition) is 2. The Labute approximate surface area is 93.7 Å². The number of carbonyl (C=O) groups is 1. The Balaban J connectivity index is 4.50. The van der Waals surface area contributed by atoms with Crippen LogP contribution in [0.4, 0.5) is 0 Å². The molecule has 0 rings (SSSR count). The van der Waals surface area contributed by atoms with E-state index in [1.807, 2.05) is 20.8 Å². The van der Waals surface area contributed by atoms with E-state index in [4.69, 9.17) is 4.74 Å². The lowest BCUT2D eigenvalue weighted by Crippen LogP contribution is -2.38. The third-order valence-corrected chi connectivity index (χ3v) is 3.17. The van der Waals surface area contributed by atoms with Crippen LogP contribution in [0.25, 0.3) is 0 Å². The summed E-state index contributed by atoms with van der Waals surface area (Å²) in [5.41, 5.74) is 0.114. The molecule has 0 amide bonds. The summed E-state index contributed by atoms with van der Waals surface area (Å²) in [5.74, 6) is 0.545. The molecule has 0 aromatic rings. The molecule has 0 aliphatic carbocycles. The molecule has 0 aromatic heterocycles. The van der Waals surface area contributed by atoms with Crippen LogP contribution in [-0.4, -0.2) is 11.6 Å². The zero-order valence-corrected chi connectivity index (χ0v) is 10.9. The van der Waals surface area contributed by atoms with E-state index in [0.29, 0.717) is 23.8 Å². The predicted molar refractivity (Wildman–Crippen MR) is 63.6 cm³/mol. The van der Waals surface area contributed by atoms with Crippen molar-refractivity contribution in [3.8, 4) is 0 Å². The van der Waals surface area contributed by atoms with E-state index in [1.165, 1.54) is 0 Å². The molecule has 0 bridgehead atoms. The van der Waals surface area contributed by atoms with Crippen LogP contribution in [0.3, 0.4) is 0 Å². The van der Waals surface area contributed by atoms with Gasteiger partial charge in [0.05, 0.1) is 0 Å². The maximum absolute atomic E-state index is 11.6. The highest BCUT2D eigenvalue weighted by molar-refractivity contribution is 5.87. The summed E-state index contributed by atoms with van der Waals surface area (Å²) in [4.78, 5) is 11.6. The average molecular weight is 212 g/mol. The van der Waals surface area contributed by atoms with E-state index in [2.05, 4.69) is 27.4 Å². The summed E-state index contributed by atoms with van der Waals surface area (Å²) >= 11 is 0. The molecule has 88 valence electrons. The van der Waals surface area contributed by atoms with Gasteiger partial charge in [0, 0.05) is 5.57 Å². The first-order valence-electron chi connectivity index (χ1n) is 5.63. The minimum Gasteiger partial charge on any atom is -0.456 e. The highest BCUT2D eigenvalue weighted by atomic mass is 16.6. The van der Waals surface area contributed by atoms with Gasteiger partial charge in [0.25, 0.3) is 0 Å². The van der Waals surface area contributed by atoms with Crippen LogP contribution in [0, 0.1) is 11.8 Å². The number of rotatable bonds is 5. The first-order valence-corrected chi connectivity index (χ1v) is 5.63. The summed E-state index contributed by atoms with van der Waals surface area (Å²) in [6.07, 6.45) is 0.644. The summed E-state index contributed by atoms with van der Waals surface area (Å²) in [5, 5.41) is 0. The van der Waals surface area contributed by atoms with E-state index < -0.39 is 5.60 Å². The molecule has 0 aromatic carbocycles. The van der Waals surface area contributed by atoms with Gasteiger partial charge in [0.1, 0.15) is 5.60 Å². The Kier molecular flexibility index (Phi) is 5.06. The van der Waals surface area contributed by atoms with Gasteiger partial charge in [-0.25, -0.2) is 4.79 Å². The topological polar surface area (TPSA) is 26.3 Å². The lowest BCUT2D eigenvalue weighted by atomic mass is 9.83. The molecule has 0 N–H and O–H groups in total. The van der Waals surface area contributed by atoms with Crippen molar-refractivity contribution in [3.05, 3.63) is 12.2 Å². The molecule has 0 saturated carbocycles. The van der Waals surface area contributed by atoms with Crippen molar-refractivity contribution in [2.45, 2.75) is 53.6 Å². The van der Waals surface area contributed by atoms with Crippen molar-refractivity contribution in [1.29, 1.82) is 0 Å². The number of esters is 1. The molecule has 2 heteroatoms. The first-order chi connectivity index (χ1) is 6.72. The SMILES string of the molecule is C=C(CC)C(=O)OC(C)(C)C(C)C(C)C. The zero-order valence-electron chi connectivity index (χ0n) is 10.9. The fraction of sp³-hybridized carbons (Fsp3) is 0.769. The van der Waals surface area contributed by atoms with Crippen LogP contribution in [0.15, 0.2) is 12.2 Å². The van der Waals surface area contributed by atoms with Crippen molar-refractivity contribution in [3.63, 3.8) is 0 Å². The molecular weight excluding hydrogens is 188 g/mol. The fourth-order valence-electron chi connectivity index (χ4n) is 1.35. The Bertz CT molecular complexity index is 239. The highest BCUT2D eigenvalue weighted by Gasteiger charge is 2.32. The van der Waals surface area contributed by atoms with Gasteiger partial charge in [-0.2, -0.15) is 0 Å². The summed E-state index contributed by atoms with van der Waals surface area (Å²) in [6, 6.07) is 0. The van der Waals surface area contributed by atoms with Crippen molar-refractivity contribution >= 4 is 5.97 Å². The van der Waals surface area contributed by atoms with Gasteiger partial charge in [0.15, 0.2) is 0 Å². The van der Waals surface area contributed by atoms with Crippen molar-refractivity contribution in [1.82, 2.24) is 0 Å². The molecule has 0 heterocycles. The third kappa shape index (κ3) is 4.06. The molecule has 0 aliphatic rings. The molecule has 0 fully saturated rings. The van der Waals surface area contributed by atoms with E-state index >= 15 is 0 Å². The quantitative estimate of drug-likeness (QED) is 0.514. The summed E-state index contributed by atoms with van der Waals surface area (Å²) < 4.78 is 5.48. The lowest BCUT2D eigenvalue weighted by Gasteiger charge is -2.34. The molecule has 1 unspecified atom stereocenters. The van der Waals surface area contributed by atoms with Crippen molar-refractivity contribution in [2.75, 3.05) is 0 Å². The Morgan fingerprint density at radius 1 is 1.33 bits per heavy atom. The molecule has 1 atom stereocenters. The monoisotopic (exact) mass is 212 g/mol. The number of hydrogen-bond donors (Lipinski definition) is 0. The predicted octanol–water partition coefficient (Wildman–Crippen LogP) is 3.57. The summed E-state index contributed by atoms with van der Waals surface area (Å²) in [7, 11) is 0. The van der Waals surface area contributed by atoms with Crippen LogP contribution in [0.1, 0.15) is 48.0 Å². The van der Waals surface area contributed by atoms with Crippen molar-refractivity contribution in [2.24, 2.45) is 11.8 Å². The molecule has 0 saturated heterocycles. The molecule has 15 heavy (non-hydrogen) atoms. The van der Waals surface area contributed by atoms with Gasteiger partial charge in [-0.3, -0.25) is 0 Å². The van der Waals surface area contributed by atoms with E-state index in [1.54, 1.807) is 0 Å². The molecule has 0 radical (unpaired) electrons. The molecule has 2 nitrogen and oxygen atoms in total. The maximum Gasteiger partial charge on any atom is 0.333 e. The van der Waals surface area contributed by atoms with Gasteiger partial charge < -0.3 is 4.74 Å². The average Bonchev–Trinajstić information content (AvgIpc) is 2.14. The molecule has 0 aliphatic heterocycles. The second-order valence-corrected chi connectivity index (χ2v) is 4.98. The van der Waals surface area contributed by atoms with Crippen LogP contribution in [0.5, 0.6) is 0 Å². The number of carbonyl (C=O) groups excluding carboxylic acids is 1. The smallest absolute Gasteiger partial charge is 0.333 e. The van der Waals surface area contributed by atoms with Gasteiger partial charge in [-0.05, 0) is 32.1 Å². The maximum atomic E-state index is 11.6. The van der Waals surface area contributed by atoms with Gasteiger partial charge in [-0.1, -0.05) is 34.3 Å². The highest BCUT2D eigenvalue weighted by Crippen LogP contribution is 2.28. The minimum atomic E-state index is -0.427. The largest absolute Gasteiger partial charge is 0.456 e. The van der Waals surface area contributed by atoms with Gasteiger partial charge in [0.2, 0.25) is 0 Å². The fourth-order valence-corrected chi connectivity index (χ4v) is 1.35. The third-order valence-electron chi connectivity index (χ3n) is 3.17. The molecular formula is C13H24O2. The number of ether oxygens (including phenoxy) is 1. The Hall–Kier alpha value is -0.790. The van der Waals surface area contributed by atoms with Crippen molar-refractivity contribution < 1.29 is 9.53 Å². The van der Waals surface area contributed by atoms with Gasteiger partial charge in [-0.15, -0.1) is 0 Å². The van der Waals surface area contributed by atoms with E-state index in [-0.39, 0.29) is 5.97 Å². The standard InChI is InChI=1S/C13H24O2/c1-8-10(4)12(14)15-13(6,7)11(5)9(2)3/h9,11H,4,8H2,1-3,5-7H3. The van der Waals surface area contributed by atoms with Crippen LogP contribution >= 0.6 is 0 Å². The first kappa shape index (κ1) is 14.2. The summed E-state index contributed by atoms with van der Waals surface area (Å²) in [6.45, 7) is 15.9. The minimum absolute atomic E-state index is 0.269.